The van der Waals surface area contributed by atoms with Crippen LogP contribution in [0.3, 0.4) is 0 Å². The summed E-state index contributed by atoms with van der Waals surface area (Å²) >= 11 is 5.80. The van der Waals surface area contributed by atoms with Crippen molar-refractivity contribution < 1.29 is 18.3 Å². The predicted molar refractivity (Wildman–Crippen MR) is 55.5 cm³/mol. The van der Waals surface area contributed by atoms with Crippen LogP contribution in [-0.2, 0) is 0 Å². The maximum atomic E-state index is 12.8. The number of aryl methyl sites for hydroxylation is 1. The fraction of sp³-hybridized carbons (Fsp3) is 0.200. The molecular weight excluding hydrogens is 254 g/mol. The van der Waals surface area contributed by atoms with E-state index in [1.165, 1.54) is 12.1 Å². The molecule has 3 rings (SSSR count). The van der Waals surface area contributed by atoms with Crippen molar-refractivity contribution in [3.05, 3.63) is 23.0 Å². The second-order valence-corrected chi connectivity index (χ2v) is 3.91. The molecule has 2 aromatic rings. The van der Waals surface area contributed by atoms with Gasteiger partial charge in [0.25, 0.3) is 0 Å². The molecule has 0 unspecified atom stereocenters. The first kappa shape index (κ1) is 10.5. The summed E-state index contributed by atoms with van der Waals surface area (Å²) in [5.41, 5.74) is 1.32. The highest BCUT2D eigenvalue weighted by Crippen LogP contribution is 2.42. The molecule has 0 spiro atoms. The lowest BCUT2D eigenvalue weighted by atomic mass is 10.2. The summed E-state index contributed by atoms with van der Waals surface area (Å²) < 4.78 is 34.3. The summed E-state index contributed by atoms with van der Waals surface area (Å²) in [6, 6.07) is 2.67. The first-order valence-corrected chi connectivity index (χ1v) is 5.06. The lowest BCUT2D eigenvalue weighted by Gasteiger charge is -2.04. The van der Waals surface area contributed by atoms with Crippen molar-refractivity contribution in [2.45, 2.75) is 13.2 Å². The number of halogens is 3. The Morgan fingerprint density at radius 3 is 2.24 bits per heavy atom. The van der Waals surface area contributed by atoms with Crippen LogP contribution >= 0.6 is 11.6 Å². The maximum Gasteiger partial charge on any atom is 0.586 e. The van der Waals surface area contributed by atoms with Gasteiger partial charge < -0.3 is 9.47 Å². The van der Waals surface area contributed by atoms with Gasteiger partial charge >= 0.3 is 6.29 Å². The standard InChI is InChI=1S/C10H5ClF2N2O2/c1-4-9(11)15-6-3-8-7(2-5(6)14-4)16-10(12,13)17-8/h2-3H,1H3. The van der Waals surface area contributed by atoms with Crippen LogP contribution in [0.1, 0.15) is 5.69 Å². The molecule has 0 saturated heterocycles. The van der Waals surface area contributed by atoms with Crippen molar-refractivity contribution in [3.63, 3.8) is 0 Å². The fourth-order valence-electron chi connectivity index (χ4n) is 1.57. The molecule has 17 heavy (non-hydrogen) atoms. The number of aromatic nitrogens is 2. The highest BCUT2D eigenvalue weighted by atomic mass is 35.5. The zero-order valence-corrected chi connectivity index (χ0v) is 9.26. The van der Waals surface area contributed by atoms with Crippen LogP contribution in [0.4, 0.5) is 8.78 Å². The molecular formula is C10H5ClF2N2O2. The van der Waals surface area contributed by atoms with Gasteiger partial charge in [0, 0.05) is 12.1 Å². The van der Waals surface area contributed by atoms with Gasteiger partial charge in [-0.1, -0.05) is 11.6 Å². The average Bonchev–Trinajstić information content (AvgIpc) is 2.50. The van der Waals surface area contributed by atoms with Gasteiger partial charge in [0.1, 0.15) is 0 Å². The number of ether oxygens (including phenoxy) is 2. The maximum absolute atomic E-state index is 12.8. The molecule has 0 atom stereocenters. The van der Waals surface area contributed by atoms with Gasteiger partial charge in [0.2, 0.25) is 0 Å². The largest absolute Gasteiger partial charge is 0.586 e. The average molecular weight is 259 g/mol. The molecule has 1 aliphatic rings. The zero-order chi connectivity index (χ0) is 12.2. The van der Waals surface area contributed by atoms with Gasteiger partial charge in [-0.05, 0) is 6.92 Å². The quantitative estimate of drug-likeness (QED) is 0.729. The lowest BCUT2D eigenvalue weighted by molar-refractivity contribution is -0.286. The van der Waals surface area contributed by atoms with E-state index in [4.69, 9.17) is 11.6 Å². The van der Waals surface area contributed by atoms with Crippen molar-refractivity contribution in [3.8, 4) is 11.5 Å². The smallest absolute Gasteiger partial charge is 0.395 e. The number of benzene rings is 1. The van der Waals surface area contributed by atoms with Crippen LogP contribution in [0, 0.1) is 6.92 Å². The fourth-order valence-corrected chi connectivity index (χ4v) is 1.70. The van der Waals surface area contributed by atoms with Crippen molar-refractivity contribution in [2.75, 3.05) is 0 Å². The van der Waals surface area contributed by atoms with E-state index in [0.29, 0.717) is 16.7 Å². The summed E-state index contributed by atoms with van der Waals surface area (Å²) in [5.74, 6) is -0.129. The normalized spacial score (nSPS) is 16.5. The van der Waals surface area contributed by atoms with Gasteiger partial charge in [0.15, 0.2) is 16.7 Å². The minimum absolute atomic E-state index is 0.0569. The summed E-state index contributed by atoms with van der Waals surface area (Å²) in [4.78, 5) is 8.15. The van der Waals surface area contributed by atoms with E-state index < -0.39 is 6.29 Å². The second-order valence-electron chi connectivity index (χ2n) is 3.55. The number of rotatable bonds is 0. The second kappa shape index (κ2) is 3.16. The third kappa shape index (κ3) is 1.64. The number of hydrogen-bond donors (Lipinski definition) is 0. The number of hydrogen-bond acceptors (Lipinski definition) is 4. The lowest BCUT2D eigenvalue weighted by Crippen LogP contribution is -2.25. The molecule has 7 heteroatoms. The molecule has 2 heterocycles. The Hall–Kier alpha value is -1.69. The summed E-state index contributed by atoms with van der Waals surface area (Å²) in [7, 11) is 0. The molecule has 0 N–H and O–H groups in total. The van der Waals surface area contributed by atoms with Crippen LogP contribution in [0.25, 0.3) is 11.0 Å². The number of alkyl halides is 2. The number of nitrogens with zero attached hydrogens (tertiary/aromatic N) is 2. The molecule has 0 aliphatic carbocycles. The Balaban J connectivity index is 2.23. The summed E-state index contributed by atoms with van der Waals surface area (Å²) in [6.07, 6.45) is -3.64. The minimum atomic E-state index is -3.64. The predicted octanol–water partition coefficient (Wildman–Crippen LogP) is 2.91. The molecule has 88 valence electrons. The third-order valence-corrected chi connectivity index (χ3v) is 2.66. The van der Waals surface area contributed by atoms with Crippen molar-refractivity contribution in [1.29, 1.82) is 0 Å². The summed E-state index contributed by atoms with van der Waals surface area (Å²) in [6.45, 7) is 1.67. The number of fused-ring (bicyclic) bond motifs is 2. The van der Waals surface area contributed by atoms with E-state index >= 15 is 0 Å². The van der Waals surface area contributed by atoms with Crippen molar-refractivity contribution in [2.24, 2.45) is 0 Å². The molecule has 0 amide bonds. The first-order chi connectivity index (χ1) is 7.94. The Bertz CT molecular complexity index is 581. The minimum Gasteiger partial charge on any atom is -0.395 e. The van der Waals surface area contributed by atoms with Crippen LogP contribution in [0.5, 0.6) is 11.5 Å². The van der Waals surface area contributed by atoms with Crippen LogP contribution in [-0.4, -0.2) is 16.3 Å². The molecule has 1 aliphatic heterocycles. The van der Waals surface area contributed by atoms with Gasteiger partial charge in [-0.3, -0.25) is 0 Å². The highest BCUT2D eigenvalue weighted by molar-refractivity contribution is 6.30. The first-order valence-electron chi connectivity index (χ1n) is 4.68. The van der Waals surface area contributed by atoms with Crippen LogP contribution in [0.15, 0.2) is 12.1 Å². The SMILES string of the molecule is Cc1nc2cc3c(cc2nc1Cl)OC(F)(F)O3. The van der Waals surface area contributed by atoms with E-state index in [-0.39, 0.29) is 16.7 Å². The molecule has 1 aromatic carbocycles. The third-order valence-electron chi connectivity index (χ3n) is 2.30. The molecule has 0 radical (unpaired) electrons. The zero-order valence-electron chi connectivity index (χ0n) is 8.50. The van der Waals surface area contributed by atoms with Crippen LogP contribution in [0.2, 0.25) is 5.15 Å². The molecule has 0 fully saturated rings. The Morgan fingerprint density at radius 2 is 1.65 bits per heavy atom. The van der Waals surface area contributed by atoms with E-state index in [0.717, 1.165) is 0 Å². The molecule has 0 saturated carbocycles. The topological polar surface area (TPSA) is 44.2 Å². The summed E-state index contributed by atoms with van der Waals surface area (Å²) in [5, 5.41) is 0.225. The Kier molecular flexibility index (Phi) is 1.95. The van der Waals surface area contributed by atoms with Gasteiger partial charge in [-0.25, -0.2) is 9.97 Å². The van der Waals surface area contributed by atoms with E-state index in [1.54, 1.807) is 6.92 Å². The Labute approximate surface area is 99.1 Å². The van der Waals surface area contributed by atoms with E-state index in [1.807, 2.05) is 0 Å². The monoisotopic (exact) mass is 258 g/mol. The van der Waals surface area contributed by atoms with Crippen molar-refractivity contribution >= 4 is 22.6 Å². The van der Waals surface area contributed by atoms with Gasteiger partial charge in [-0.2, -0.15) is 0 Å². The Morgan fingerprint density at radius 1 is 1.12 bits per heavy atom. The van der Waals surface area contributed by atoms with Gasteiger partial charge in [-0.15, -0.1) is 8.78 Å². The van der Waals surface area contributed by atoms with E-state index in [9.17, 15) is 8.78 Å². The van der Waals surface area contributed by atoms with E-state index in [2.05, 4.69) is 19.4 Å². The highest BCUT2D eigenvalue weighted by Gasteiger charge is 2.43. The molecule has 0 bridgehead atoms. The molecule has 1 aromatic heterocycles. The van der Waals surface area contributed by atoms with Crippen LogP contribution < -0.4 is 9.47 Å². The van der Waals surface area contributed by atoms with Gasteiger partial charge in [0.05, 0.1) is 16.7 Å². The molecule has 4 nitrogen and oxygen atoms in total. The van der Waals surface area contributed by atoms with Crippen molar-refractivity contribution in [1.82, 2.24) is 9.97 Å².